The molecule has 0 bridgehead atoms. The quantitative estimate of drug-likeness (QED) is 0.592. The molecule has 0 unspecified atom stereocenters. The van der Waals surface area contributed by atoms with Gasteiger partial charge in [-0.2, -0.15) is 0 Å². The SMILES string of the molecule is COC(=O)c1cc(N)c2c(c1C)OCCCO2. The molecule has 2 rings (SSSR count). The number of anilines is 1. The number of carbonyl (C=O) groups excluding carboxylic acids is 1. The predicted molar refractivity (Wildman–Crippen MR) is 62.5 cm³/mol. The number of ether oxygens (including phenoxy) is 3. The van der Waals surface area contributed by atoms with Crippen molar-refractivity contribution in [2.45, 2.75) is 13.3 Å². The molecule has 0 saturated carbocycles. The monoisotopic (exact) mass is 237 g/mol. The molecule has 0 saturated heterocycles. The number of hydrogen-bond acceptors (Lipinski definition) is 5. The van der Waals surface area contributed by atoms with Crippen LogP contribution < -0.4 is 15.2 Å². The Kier molecular flexibility index (Phi) is 3.08. The van der Waals surface area contributed by atoms with E-state index in [9.17, 15) is 4.79 Å². The minimum Gasteiger partial charge on any atom is -0.489 e. The molecule has 92 valence electrons. The Morgan fingerprint density at radius 2 is 2.00 bits per heavy atom. The van der Waals surface area contributed by atoms with Gasteiger partial charge in [-0.05, 0) is 13.0 Å². The highest BCUT2D eigenvalue weighted by Crippen LogP contribution is 2.40. The first-order valence-electron chi connectivity index (χ1n) is 5.42. The molecule has 5 heteroatoms. The van der Waals surface area contributed by atoms with Crippen LogP contribution in [-0.2, 0) is 4.74 Å². The summed E-state index contributed by atoms with van der Waals surface area (Å²) in [5.74, 6) is 0.639. The Balaban J connectivity index is 2.56. The van der Waals surface area contributed by atoms with Crippen molar-refractivity contribution in [2.75, 3.05) is 26.1 Å². The number of nitrogen functional groups attached to an aromatic ring is 1. The second-order valence-corrected chi connectivity index (χ2v) is 3.84. The highest BCUT2D eigenvalue weighted by Gasteiger charge is 2.22. The fourth-order valence-electron chi connectivity index (χ4n) is 1.81. The van der Waals surface area contributed by atoms with Crippen LogP contribution in [0.3, 0.4) is 0 Å². The summed E-state index contributed by atoms with van der Waals surface area (Å²) in [5, 5.41) is 0. The molecule has 1 aliphatic heterocycles. The summed E-state index contributed by atoms with van der Waals surface area (Å²) in [6, 6.07) is 1.56. The maximum Gasteiger partial charge on any atom is 0.338 e. The van der Waals surface area contributed by atoms with Gasteiger partial charge in [-0.1, -0.05) is 0 Å². The molecular formula is C12H15NO4. The van der Waals surface area contributed by atoms with E-state index in [1.807, 2.05) is 0 Å². The summed E-state index contributed by atoms with van der Waals surface area (Å²) in [4.78, 5) is 11.6. The van der Waals surface area contributed by atoms with Gasteiger partial charge in [0.2, 0.25) is 0 Å². The molecule has 2 N–H and O–H groups in total. The fraction of sp³-hybridized carbons (Fsp3) is 0.417. The maximum absolute atomic E-state index is 11.6. The van der Waals surface area contributed by atoms with Crippen molar-refractivity contribution in [1.82, 2.24) is 0 Å². The lowest BCUT2D eigenvalue weighted by molar-refractivity contribution is 0.0599. The van der Waals surface area contributed by atoms with Crippen molar-refractivity contribution < 1.29 is 19.0 Å². The third-order valence-electron chi connectivity index (χ3n) is 2.70. The number of rotatable bonds is 1. The third-order valence-corrected chi connectivity index (χ3v) is 2.70. The molecule has 0 aromatic heterocycles. The minimum atomic E-state index is -0.426. The lowest BCUT2D eigenvalue weighted by Crippen LogP contribution is -2.08. The summed E-state index contributed by atoms with van der Waals surface area (Å²) in [6.45, 7) is 2.91. The number of carbonyl (C=O) groups is 1. The van der Waals surface area contributed by atoms with Crippen molar-refractivity contribution in [3.63, 3.8) is 0 Å². The lowest BCUT2D eigenvalue weighted by atomic mass is 10.1. The largest absolute Gasteiger partial charge is 0.489 e. The Labute approximate surface area is 99.5 Å². The number of benzene rings is 1. The summed E-state index contributed by atoms with van der Waals surface area (Å²) >= 11 is 0. The molecule has 0 fully saturated rings. The average molecular weight is 237 g/mol. The summed E-state index contributed by atoms with van der Waals surface area (Å²) < 4.78 is 15.8. The number of esters is 1. The van der Waals surface area contributed by atoms with E-state index < -0.39 is 5.97 Å². The third kappa shape index (κ3) is 2.00. The molecule has 0 aliphatic carbocycles. The van der Waals surface area contributed by atoms with E-state index in [0.717, 1.165) is 6.42 Å². The Hall–Kier alpha value is -1.91. The van der Waals surface area contributed by atoms with E-state index in [0.29, 0.717) is 41.5 Å². The van der Waals surface area contributed by atoms with Gasteiger partial charge in [0.1, 0.15) is 0 Å². The molecule has 0 atom stereocenters. The Bertz CT molecular complexity index is 456. The van der Waals surface area contributed by atoms with Crippen molar-refractivity contribution >= 4 is 11.7 Å². The first-order chi connectivity index (χ1) is 8.15. The van der Waals surface area contributed by atoms with E-state index in [2.05, 4.69) is 0 Å². The van der Waals surface area contributed by atoms with E-state index >= 15 is 0 Å². The maximum atomic E-state index is 11.6. The molecule has 1 aromatic rings. The number of methoxy groups -OCH3 is 1. The van der Waals surface area contributed by atoms with Crippen LogP contribution in [0.2, 0.25) is 0 Å². The van der Waals surface area contributed by atoms with E-state index in [1.54, 1.807) is 13.0 Å². The van der Waals surface area contributed by atoms with Gasteiger partial charge in [-0.3, -0.25) is 0 Å². The van der Waals surface area contributed by atoms with Crippen LogP contribution in [0.15, 0.2) is 6.07 Å². The summed E-state index contributed by atoms with van der Waals surface area (Å²) in [7, 11) is 1.33. The van der Waals surface area contributed by atoms with Crippen LogP contribution in [0.25, 0.3) is 0 Å². The van der Waals surface area contributed by atoms with Gasteiger partial charge >= 0.3 is 5.97 Å². The van der Waals surface area contributed by atoms with Crippen molar-refractivity contribution in [1.29, 1.82) is 0 Å². The van der Waals surface area contributed by atoms with Gasteiger partial charge in [0.15, 0.2) is 11.5 Å². The first kappa shape index (κ1) is 11.6. The van der Waals surface area contributed by atoms with Crippen molar-refractivity contribution in [2.24, 2.45) is 0 Å². The second kappa shape index (κ2) is 4.53. The smallest absolute Gasteiger partial charge is 0.338 e. The number of nitrogens with two attached hydrogens (primary N) is 1. The van der Waals surface area contributed by atoms with Crippen LogP contribution in [0.5, 0.6) is 11.5 Å². The molecule has 5 nitrogen and oxygen atoms in total. The Morgan fingerprint density at radius 1 is 1.35 bits per heavy atom. The molecule has 1 aromatic carbocycles. The highest BCUT2D eigenvalue weighted by molar-refractivity contribution is 5.94. The number of fused-ring (bicyclic) bond motifs is 1. The van der Waals surface area contributed by atoms with E-state index in [1.165, 1.54) is 7.11 Å². The van der Waals surface area contributed by atoms with Crippen molar-refractivity contribution in [3.8, 4) is 11.5 Å². The van der Waals surface area contributed by atoms with E-state index in [4.69, 9.17) is 19.9 Å². The molecule has 0 spiro atoms. The van der Waals surface area contributed by atoms with Gasteiger partial charge < -0.3 is 19.9 Å². The molecule has 1 heterocycles. The lowest BCUT2D eigenvalue weighted by Gasteiger charge is -2.15. The molecule has 17 heavy (non-hydrogen) atoms. The molecule has 1 aliphatic rings. The Morgan fingerprint density at radius 3 is 2.65 bits per heavy atom. The van der Waals surface area contributed by atoms with Gasteiger partial charge in [0.05, 0.1) is 31.6 Å². The second-order valence-electron chi connectivity index (χ2n) is 3.84. The van der Waals surface area contributed by atoms with Crippen molar-refractivity contribution in [3.05, 3.63) is 17.2 Å². The molecule has 0 amide bonds. The molecule has 0 radical (unpaired) electrons. The topological polar surface area (TPSA) is 70.8 Å². The van der Waals surface area contributed by atoms with Gasteiger partial charge in [0.25, 0.3) is 0 Å². The highest BCUT2D eigenvalue weighted by atomic mass is 16.5. The zero-order valence-corrected chi connectivity index (χ0v) is 9.91. The van der Waals surface area contributed by atoms with Crippen LogP contribution in [0.1, 0.15) is 22.3 Å². The van der Waals surface area contributed by atoms with Crippen LogP contribution in [0, 0.1) is 6.92 Å². The standard InChI is InChI=1S/C12H15NO4/c1-7-8(12(14)15-2)6-9(13)11-10(7)16-4-3-5-17-11/h6H,3-5,13H2,1-2H3. The van der Waals surface area contributed by atoms with Crippen LogP contribution >= 0.6 is 0 Å². The zero-order valence-electron chi connectivity index (χ0n) is 9.91. The zero-order chi connectivity index (χ0) is 12.4. The van der Waals surface area contributed by atoms with Crippen LogP contribution in [0.4, 0.5) is 5.69 Å². The summed E-state index contributed by atoms with van der Waals surface area (Å²) in [5.41, 5.74) is 7.36. The normalized spacial score (nSPS) is 14.0. The molecular weight excluding hydrogens is 222 g/mol. The fourth-order valence-corrected chi connectivity index (χ4v) is 1.81. The number of hydrogen-bond donors (Lipinski definition) is 1. The van der Waals surface area contributed by atoms with E-state index in [-0.39, 0.29) is 0 Å². The van der Waals surface area contributed by atoms with Gasteiger partial charge in [-0.25, -0.2) is 4.79 Å². The average Bonchev–Trinajstić information content (AvgIpc) is 2.58. The predicted octanol–water partition coefficient (Wildman–Crippen LogP) is 1.53. The first-order valence-corrected chi connectivity index (χ1v) is 5.42. The van der Waals surface area contributed by atoms with Crippen LogP contribution in [-0.4, -0.2) is 26.3 Å². The van der Waals surface area contributed by atoms with Gasteiger partial charge in [0, 0.05) is 12.0 Å². The summed E-state index contributed by atoms with van der Waals surface area (Å²) in [6.07, 6.45) is 0.793. The van der Waals surface area contributed by atoms with Gasteiger partial charge in [-0.15, -0.1) is 0 Å². The minimum absolute atomic E-state index is 0.396.